The maximum Gasteiger partial charge on any atom is 0.321 e. The minimum Gasteiger partial charge on any atom is -0.322 e. The van der Waals surface area contributed by atoms with E-state index in [9.17, 15) is 4.79 Å². The third-order valence-corrected chi connectivity index (χ3v) is 4.99. The first-order chi connectivity index (χ1) is 13.4. The Kier molecular flexibility index (Phi) is 6.53. The molecular weight excluding hydrogens is 346 g/mol. The van der Waals surface area contributed by atoms with Crippen molar-refractivity contribution in [1.29, 1.82) is 0 Å². The van der Waals surface area contributed by atoms with Crippen molar-refractivity contribution >= 4 is 6.03 Å². The van der Waals surface area contributed by atoms with Gasteiger partial charge in [0.15, 0.2) is 0 Å². The third-order valence-electron chi connectivity index (χ3n) is 4.99. The fourth-order valence-corrected chi connectivity index (χ4v) is 3.52. The number of carbonyl (C=O) groups is 1. The minimum absolute atomic E-state index is 0.0175. The lowest BCUT2D eigenvalue weighted by atomic mass is 9.96. The van der Waals surface area contributed by atoms with Crippen molar-refractivity contribution in [2.45, 2.75) is 26.8 Å². The quantitative estimate of drug-likeness (QED) is 0.841. The molecule has 0 unspecified atom stereocenters. The summed E-state index contributed by atoms with van der Waals surface area (Å²) in [5, 5.41) is 2.90. The van der Waals surface area contributed by atoms with Crippen molar-refractivity contribution in [3.63, 3.8) is 0 Å². The van der Waals surface area contributed by atoms with Gasteiger partial charge < -0.3 is 10.2 Å². The minimum atomic E-state index is -0.0175. The van der Waals surface area contributed by atoms with Crippen molar-refractivity contribution in [2.24, 2.45) is 5.41 Å². The van der Waals surface area contributed by atoms with Crippen LogP contribution in [0.3, 0.4) is 0 Å². The molecule has 0 atom stereocenters. The molecule has 28 heavy (non-hydrogen) atoms. The first-order valence-electron chi connectivity index (χ1n) is 10.0. The van der Waals surface area contributed by atoms with Crippen LogP contribution < -0.4 is 5.32 Å². The Labute approximate surface area is 168 Å². The van der Waals surface area contributed by atoms with E-state index in [1.54, 1.807) is 6.20 Å². The molecule has 1 heterocycles. The number of benzene rings is 2. The van der Waals surface area contributed by atoms with Crippen LogP contribution in [0.5, 0.6) is 0 Å². The van der Waals surface area contributed by atoms with Gasteiger partial charge in [-0.15, -0.1) is 0 Å². The normalized spacial score (nSPS) is 15.9. The summed E-state index contributed by atoms with van der Waals surface area (Å²) >= 11 is 0. The summed E-state index contributed by atoms with van der Waals surface area (Å²) in [7, 11) is 0. The molecule has 2 amide bonds. The number of piperazine rings is 1. The van der Waals surface area contributed by atoms with Crippen molar-refractivity contribution in [3.8, 4) is 0 Å². The Morgan fingerprint density at radius 3 is 1.86 bits per heavy atom. The van der Waals surface area contributed by atoms with E-state index in [1.165, 1.54) is 11.1 Å². The van der Waals surface area contributed by atoms with Crippen molar-refractivity contribution in [3.05, 3.63) is 84.1 Å². The fourth-order valence-electron chi connectivity index (χ4n) is 3.52. The fraction of sp³-hybridized carbons (Fsp3) is 0.375. The lowest BCUT2D eigenvalue weighted by Crippen LogP contribution is -2.51. The number of nitrogens with zero attached hydrogens (tertiary/aromatic N) is 2. The summed E-state index contributed by atoms with van der Waals surface area (Å²) in [5.41, 5.74) is 2.64. The smallest absolute Gasteiger partial charge is 0.321 e. The summed E-state index contributed by atoms with van der Waals surface area (Å²) in [6.07, 6.45) is 3.79. The second-order valence-electron chi connectivity index (χ2n) is 8.40. The van der Waals surface area contributed by atoms with E-state index in [0.717, 1.165) is 26.2 Å². The van der Waals surface area contributed by atoms with Gasteiger partial charge in [-0.3, -0.25) is 4.90 Å². The number of urea groups is 1. The standard InChI is InChI=1S/C24H31N3O/c1-24(2,3)14-15-25-23(28)27-18-16-26(17-19-27)22(20-10-6-4-7-11-20)21-12-8-5-9-13-21/h4-15,22H,16-19H2,1-3H3,(H,25,28)/b15-14+. The van der Waals surface area contributed by atoms with E-state index in [4.69, 9.17) is 0 Å². The van der Waals surface area contributed by atoms with Gasteiger partial charge in [-0.25, -0.2) is 4.79 Å². The van der Waals surface area contributed by atoms with Crippen LogP contribution in [0.15, 0.2) is 72.9 Å². The van der Waals surface area contributed by atoms with Crippen LogP contribution in [0, 0.1) is 5.41 Å². The second kappa shape index (κ2) is 9.07. The molecule has 0 aliphatic carbocycles. The molecule has 1 aliphatic heterocycles. The van der Waals surface area contributed by atoms with Gasteiger partial charge in [0.05, 0.1) is 6.04 Å². The van der Waals surface area contributed by atoms with Crippen LogP contribution in [0.25, 0.3) is 0 Å². The zero-order valence-corrected chi connectivity index (χ0v) is 17.1. The molecule has 0 bridgehead atoms. The molecule has 1 N–H and O–H groups in total. The predicted octanol–water partition coefficient (Wildman–Crippen LogP) is 4.66. The first-order valence-corrected chi connectivity index (χ1v) is 10.0. The Bertz CT molecular complexity index is 733. The van der Waals surface area contributed by atoms with Crippen LogP contribution in [0.1, 0.15) is 37.9 Å². The van der Waals surface area contributed by atoms with Gasteiger partial charge in [0, 0.05) is 32.4 Å². The number of nitrogens with one attached hydrogen (secondary N) is 1. The largest absolute Gasteiger partial charge is 0.322 e. The highest BCUT2D eigenvalue weighted by Crippen LogP contribution is 2.29. The van der Waals surface area contributed by atoms with Crippen LogP contribution in [0.2, 0.25) is 0 Å². The Balaban J connectivity index is 1.66. The molecule has 1 saturated heterocycles. The lowest BCUT2D eigenvalue weighted by molar-refractivity contribution is 0.122. The molecule has 0 aromatic heterocycles. The van der Waals surface area contributed by atoms with Gasteiger partial charge in [0.25, 0.3) is 0 Å². The van der Waals surface area contributed by atoms with Crippen LogP contribution in [-0.4, -0.2) is 42.0 Å². The Morgan fingerprint density at radius 1 is 0.893 bits per heavy atom. The van der Waals surface area contributed by atoms with Crippen molar-refractivity contribution < 1.29 is 4.79 Å². The maximum absolute atomic E-state index is 12.4. The molecule has 2 aromatic rings. The number of rotatable bonds is 4. The average Bonchev–Trinajstić information content (AvgIpc) is 2.69. The van der Waals surface area contributed by atoms with Gasteiger partial charge in [0.1, 0.15) is 0 Å². The Hall–Kier alpha value is -2.59. The maximum atomic E-state index is 12.4. The summed E-state index contributed by atoms with van der Waals surface area (Å²) < 4.78 is 0. The molecule has 0 spiro atoms. The molecule has 1 aliphatic rings. The van der Waals surface area contributed by atoms with E-state index in [1.807, 2.05) is 11.0 Å². The van der Waals surface area contributed by atoms with Gasteiger partial charge in [-0.1, -0.05) is 87.5 Å². The highest BCUT2D eigenvalue weighted by atomic mass is 16.2. The zero-order chi connectivity index (χ0) is 20.0. The molecule has 4 nitrogen and oxygen atoms in total. The van der Waals surface area contributed by atoms with Gasteiger partial charge in [-0.2, -0.15) is 0 Å². The molecule has 3 rings (SSSR count). The highest BCUT2D eigenvalue weighted by molar-refractivity contribution is 5.75. The van der Waals surface area contributed by atoms with E-state index in [0.29, 0.717) is 0 Å². The van der Waals surface area contributed by atoms with E-state index < -0.39 is 0 Å². The van der Waals surface area contributed by atoms with Crippen LogP contribution in [-0.2, 0) is 0 Å². The SMILES string of the molecule is CC(C)(C)/C=C/NC(=O)N1CCN(C(c2ccccc2)c2ccccc2)CC1. The second-order valence-corrected chi connectivity index (χ2v) is 8.40. The van der Waals surface area contributed by atoms with E-state index in [2.05, 4.69) is 91.7 Å². The molecule has 1 fully saturated rings. The van der Waals surface area contributed by atoms with Gasteiger partial charge in [0.2, 0.25) is 0 Å². The van der Waals surface area contributed by atoms with Gasteiger partial charge >= 0.3 is 6.03 Å². The molecular formula is C24H31N3O. The molecule has 0 radical (unpaired) electrons. The Morgan fingerprint density at radius 2 is 1.39 bits per heavy atom. The van der Waals surface area contributed by atoms with Crippen molar-refractivity contribution in [2.75, 3.05) is 26.2 Å². The third kappa shape index (κ3) is 5.46. The summed E-state index contributed by atoms with van der Waals surface area (Å²) in [6, 6.07) is 21.4. The summed E-state index contributed by atoms with van der Waals surface area (Å²) in [4.78, 5) is 16.8. The number of carbonyl (C=O) groups excluding carboxylic acids is 1. The highest BCUT2D eigenvalue weighted by Gasteiger charge is 2.27. The van der Waals surface area contributed by atoms with Crippen LogP contribution >= 0.6 is 0 Å². The lowest BCUT2D eigenvalue weighted by Gasteiger charge is -2.39. The summed E-state index contributed by atoms with van der Waals surface area (Å²) in [5.74, 6) is 0. The number of allylic oxidation sites excluding steroid dienone is 1. The molecule has 2 aromatic carbocycles. The van der Waals surface area contributed by atoms with Crippen molar-refractivity contribution in [1.82, 2.24) is 15.1 Å². The summed E-state index contributed by atoms with van der Waals surface area (Å²) in [6.45, 7) is 9.50. The van der Waals surface area contributed by atoms with Gasteiger partial charge in [-0.05, 0) is 16.5 Å². The first kappa shape index (κ1) is 20.2. The van der Waals surface area contributed by atoms with E-state index >= 15 is 0 Å². The molecule has 0 saturated carbocycles. The number of hydrogen-bond donors (Lipinski definition) is 1. The van der Waals surface area contributed by atoms with E-state index in [-0.39, 0.29) is 17.5 Å². The number of amides is 2. The zero-order valence-electron chi connectivity index (χ0n) is 17.1. The monoisotopic (exact) mass is 377 g/mol. The molecule has 148 valence electrons. The number of hydrogen-bond acceptors (Lipinski definition) is 2. The predicted molar refractivity (Wildman–Crippen MR) is 115 cm³/mol. The molecule has 4 heteroatoms. The average molecular weight is 378 g/mol. The van der Waals surface area contributed by atoms with Crippen LogP contribution in [0.4, 0.5) is 4.79 Å². The topological polar surface area (TPSA) is 35.6 Å².